The highest BCUT2D eigenvalue weighted by molar-refractivity contribution is 5.97. The van der Waals surface area contributed by atoms with Crippen LogP contribution in [0.5, 0.6) is 0 Å². The molecule has 3 aromatic rings. The van der Waals surface area contributed by atoms with Gasteiger partial charge in [0, 0.05) is 36.0 Å². The molecule has 6 heteroatoms. The Balaban J connectivity index is 1.59. The van der Waals surface area contributed by atoms with Crippen molar-refractivity contribution in [2.75, 3.05) is 11.4 Å². The molecule has 4 rings (SSSR count). The highest BCUT2D eigenvalue weighted by Gasteiger charge is 2.47. The Morgan fingerprint density at radius 2 is 1.66 bits per heavy atom. The number of nitrogens with one attached hydrogen (secondary N) is 1. The lowest BCUT2D eigenvalue weighted by atomic mass is 9.97. The number of pyridine rings is 1. The number of aromatic nitrogens is 1. The second kappa shape index (κ2) is 13.3. The molecule has 1 saturated carbocycles. The van der Waals surface area contributed by atoms with Gasteiger partial charge in [-0.05, 0) is 80.5 Å². The third-order valence-corrected chi connectivity index (χ3v) is 7.86. The number of ether oxygens (including phenoxy) is 1. The van der Waals surface area contributed by atoms with Crippen molar-refractivity contribution in [2.45, 2.75) is 84.8 Å². The second-order valence-electron chi connectivity index (χ2n) is 12.3. The highest BCUT2D eigenvalue weighted by atomic mass is 16.6. The quantitative estimate of drug-likeness (QED) is 0.262. The molecule has 41 heavy (non-hydrogen) atoms. The fourth-order valence-corrected chi connectivity index (χ4v) is 5.21. The molecule has 218 valence electrons. The van der Waals surface area contributed by atoms with Crippen molar-refractivity contribution in [3.05, 3.63) is 84.2 Å². The van der Waals surface area contributed by atoms with Crippen molar-refractivity contribution in [2.24, 2.45) is 11.8 Å². The number of carbonyl (C=O) groups excluding carboxylic acids is 2. The molecule has 2 amide bonds. The van der Waals surface area contributed by atoms with E-state index in [1.807, 2.05) is 56.0 Å². The largest absolute Gasteiger partial charge is 0.444 e. The summed E-state index contributed by atoms with van der Waals surface area (Å²) in [5.74, 6) is 0.198. The van der Waals surface area contributed by atoms with E-state index in [9.17, 15) is 9.59 Å². The van der Waals surface area contributed by atoms with Gasteiger partial charge in [-0.15, -0.1) is 0 Å². The summed E-state index contributed by atoms with van der Waals surface area (Å²) in [5, 5.41) is 3.07. The first-order valence-corrected chi connectivity index (χ1v) is 15.0. The van der Waals surface area contributed by atoms with E-state index in [1.165, 1.54) is 5.56 Å². The molecule has 2 aromatic carbocycles. The van der Waals surface area contributed by atoms with E-state index in [0.717, 1.165) is 48.2 Å². The average Bonchev–Trinajstić information content (AvgIpc) is 3.76. The van der Waals surface area contributed by atoms with Crippen LogP contribution in [0.1, 0.15) is 78.0 Å². The van der Waals surface area contributed by atoms with Gasteiger partial charge in [-0.2, -0.15) is 0 Å². The Morgan fingerprint density at radius 1 is 1.00 bits per heavy atom. The van der Waals surface area contributed by atoms with Crippen LogP contribution in [0, 0.1) is 11.8 Å². The number of alkyl carbamates (subject to hydrolysis) is 1. The number of carbonyl (C=O) groups is 2. The smallest absolute Gasteiger partial charge is 0.407 e. The Kier molecular flexibility index (Phi) is 9.85. The highest BCUT2D eigenvalue weighted by Crippen LogP contribution is 2.48. The summed E-state index contributed by atoms with van der Waals surface area (Å²) in [6.45, 7) is 12.3. The molecule has 0 radical (unpaired) electrons. The zero-order chi connectivity index (χ0) is 29.6. The van der Waals surface area contributed by atoms with Crippen molar-refractivity contribution < 1.29 is 14.3 Å². The summed E-state index contributed by atoms with van der Waals surface area (Å²) in [7, 11) is 0. The summed E-state index contributed by atoms with van der Waals surface area (Å²) in [6.07, 6.45) is 5.16. The van der Waals surface area contributed by atoms with Crippen LogP contribution in [0.15, 0.2) is 72.9 Å². The van der Waals surface area contributed by atoms with Gasteiger partial charge in [-0.3, -0.25) is 9.78 Å². The number of aryl methyl sites for hydroxylation is 1. The molecule has 1 heterocycles. The van der Waals surface area contributed by atoms with E-state index in [0.29, 0.717) is 6.54 Å². The van der Waals surface area contributed by atoms with Crippen LogP contribution in [0.4, 0.5) is 10.5 Å². The minimum atomic E-state index is -0.603. The minimum Gasteiger partial charge on any atom is -0.444 e. The molecular weight excluding hydrogens is 510 g/mol. The summed E-state index contributed by atoms with van der Waals surface area (Å²) in [5.41, 5.74) is 4.77. The van der Waals surface area contributed by atoms with E-state index in [2.05, 4.69) is 67.5 Å². The standard InChI is InChI=1S/C35H45N3O3/c1-7-11-25-13-15-26(16-14-25)27-17-19-28(20-18-27)38(33(39)30-22-29(30)31-12-9-10-21-36-31)23-32(24(3)8-2)37-34(40)41-35(4,5)6/h9-10,12-21,24,29-30,32H,7-8,11,22-23H2,1-6H3,(H,37,40)/t24-,29+,30+,32+/m0/s1. The van der Waals surface area contributed by atoms with Gasteiger partial charge >= 0.3 is 6.09 Å². The molecule has 0 unspecified atom stereocenters. The van der Waals surface area contributed by atoms with E-state index in [4.69, 9.17) is 4.74 Å². The van der Waals surface area contributed by atoms with Gasteiger partial charge in [0.2, 0.25) is 5.91 Å². The maximum Gasteiger partial charge on any atom is 0.407 e. The third kappa shape index (κ3) is 8.18. The molecule has 1 aliphatic rings. The molecule has 1 aliphatic carbocycles. The maximum absolute atomic E-state index is 14.1. The van der Waals surface area contributed by atoms with Gasteiger partial charge in [0.1, 0.15) is 5.60 Å². The SMILES string of the molecule is CCCc1ccc(-c2ccc(N(C[C@@H](NC(=O)OC(C)(C)C)[C@@H](C)CC)C(=O)[C@@H]3C[C@H]3c3ccccn3)cc2)cc1. The molecule has 1 aromatic heterocycles. The normalized spacial score (nSPS) is 17.8. The topological polar surface area (TPSA) is 71.5 Å². The fourth-order valence-electron chi connectivity index (χ4n) is 5.21. The van der Waals surface area contributed by atoms with Gasteiger partial charge in [0.05, 0.1) is 6.04 Å². The van der Waals surface area contributed by atoms with Crippen molar-refractivity contribution in [3.63, 3.8) is 0 Å². The fraction of sp³-hybridized carbons (Fsp3) is 0.457. The lowest BCUT2D eigenvalue weighted by Gasteiger charge is -2.32. The van der Waals surface area contributed by atoms with E-state index < -0.39 is 11.7 Å². The number of rotatable bonds is 11. The lowest BCUT2D eigenvalue weighted by molar-refractivity contribution is -0.120. The van der Waals surface area contributed by atoms with Crippen LogP contribution < -0.4 is 10.2 Å². The van der Waals surface area contributed by atoms with Crippen LogP contribution in [0.2, 0.25) is 0 Å². The molecule has 6 nitrogen and oxygen atoms in total. The summed E-state index contributed by atoms with van der Waals surface area (Å²) < 4.78 is 5.57. The number of hydrogen-bond acceptors (Lipinski definition) is 4. The van der Waals surface area contributed by atoms with Crippen LogP contribution in [0.3, 0.4) is 0 Å². The zero-order valence-corrected chi connectivity index (χ0v) is 25.4. The summed E-state index contributed by atoms with van der Waals surface area (Å²) in [6, 6.07) is 22.5. The van der Waals surface area contributed by atoms with E-state index >= 15 is 0 Å². The predicted octanol–water partition coefficient (Wildman–Crippen LogP) is 7.78. The molecule has 0 saturated heterocycles. The second-order valence-corrected chi connectivity index (χ2v) is 12.3. The van der Waals surface area contributed by atoms with Crippen molar-refractivity contribution >= 4 is 17.7 Å². The number of nitrogens with zero attached hydrogens (tertiary/aromatic N) is 2. The average molecular weight is 556 g/mol. The van der Waals surface area contributed by atoms with Crippen LogP contribution in [-0.2, 0) is 16.0 Å². The van der Waals surface area contributed by atoms with Crippen molar-refractivity contribution in [1.82, 2.24) is 10.3 Å². The Bertz CT molecular complexity index is 1280. The molecule has 0 aliphatic heterocycles. The Labute approximate surface area is 245 Å². The Hall–Kier alpha value is -3.67. The molecule has 4 atom stereocenters. The van der Waals surface area contributed by atoms with Crippen molar-refractivity contribution in [3.8, 4) is 11.1 Å². The van der Waals surface area contributed by atoms with Gasteiger partial charge in [-0.25, -0.2) is 4.79 Å². The van der Waals surface area contributed by atoms with Gasteiger partial charge in [0.25, 0.3) is 0 Å². The van der Waals surface area contributed by atoms with Crippen LogP contribution in [0.25, 0.3) is 11.1 Å². The zero-order valence-electron chi connectivity index (χ0n) is 25.4. The lowest BCUT2D eigenvalue weighted by Crippen LogP contribution is -2.50. The monoisotopic (exact) mass is 555 g/mol. The first-order chi connectivity index (χ1) is 19.6. The van der Waals surface area contributed by atoms with Crippen molar-refractivity contribution in [1.29, 1.82) is 0 Å². The maximum atomic E-state index is 14.1. The molecule has 0 bridgehead atoms. The summed E-state index contributed by atoms with van der Waals surface area (Å²) >= 11 is 0. The molecule has 1 fully saturated rings. The van der Waals surface area contributed by atoms with Crippen LogP contribution >= 0.6 is 0 Å². The third-order valence-electron chi connectivity index (χ3n) is 7.86. The van der Waals surface area contributed by atoms with E-state index in [1.54, 1.807) is 6.20 Å². The number of benzene rings is 2. The van der Waals surface area contributed by atoms with E-state index in [-0.39, 0.29) is 29.7 Å². The van der Waals surface area contributed by atoms with Gasteiger partial charge < -0.3 is 15.0 Å². The molecule has 1 N–H and O–H groups in total. The minimum absolute atomic E-state index is 0.0663. The Morgan fingerprint density at radius 3 is 2.22 bits per heavy atom. The van der Waals surface area contributed by atoms with Gasteiger partial charge in [0.15, 0.2) is 0 Å². The predicted molar refractivity (Wildman–Crippen MR) is 166 cm³/mol. The number of hydrogen-bond donors (Lipinski definition) is 1. The van der Waals surface area contributed by atoms with Gasteiger partial charge in [-0.1, -0.05) is 76.1 Å². The summed E-state index contributed by atoms with van der Waals surface area (Å²) in [4.78, 5) is 33.2. The van der Waals surface area contributed by atoms with Crippen LogP contribution in [-0.4, -0.2) is 35.2 Å². The first kappa shape index (κ1) is 30.3. The molecular formula is C35H45N3O3. The number of anilines is 1. The number of amides is 2. The first-order valence-electron chi connectivity index (χ1n) is 15.0. The molecule has 0 spiro atoms.